The Bertz CT molecular complexity index is 871. The second-order valence-electron chi connectivity index (χ2n) is 8.10. The standard InChI is InChI=1S/C22H29N5O2/c1-16-19(17-6-3-2-4-7-17)14-26(24-16)15-21(28)25-12-9-18(10-13-25)27-11-5-8-20(27)22(23)29/h2-4,6-7,14,18,20H,5,8-13,15H2,1H3,(H2,23,29). The number of aryl methyl sites for hydroxylation is 1. The van der Waals surface area contributed by atoms with Gasteiger partial charge in [-0.25, -0.2) is 0 Å². The lowest BCUT2D eigenvalue weighted by Gasteiger charge is -2.38. The van der Waals surface area contributed by atoms with Gasteiger partial charge >= 0.3 is 0 Å². The zero-order chi connectivity index (χ0) is 20.4. The fourth-order valence-electron chi connectivity index (χ4n) is 4.72. The van der Waals surface area contributed by atoms with Crippen molar-refractivity contribution in [1.82, 2.24) is 19.6 Å². The number of likely N-dealkylation sites (tertiary alicyclic amines) is 2. The minimum atomic E-state index is -0.218. The highest BCUT2D eigenvalue weighted by Gasteiger charge is 2.36. The molecule has 1 atom stereocenters. The van der Waals surface area contributed by atoms with Gasteiger partial charge in [-0.1, -0.05) is 30.3 Å². The van der Waals surface area contributed by atoms with Gasteiger partial charge in [-0.2, -0.15) is 5.10 Å². The van der Waals surface area contributed by atoms with Crippen molar-refractivity contribution in [2.45, 2.75) is 51.2 Å². The average Bonchev–Trinajstić information content (AvgIpc) is 3.36. The molecule has 2 aliphatic heterocycles. The van der Waals surface area contributed by atoms with Gasteiger partial charge in [0.2, 0.25) is 11.8 Å². The summed E-state index contributed by atoms with van der Waals surface area (Å²) in [4.78, 5) is 28.6. The van der Waals surface area contributed by atoms with E-state index in [2.05, 4.69) is 22.1 Å². The topological polar surface area (TPSA) is 84.5 Å². The summed E-state index contributed by atoms with van der Waals surface area (Å²) in [6.07, 6.45) is 5.62. The first-order chi connectivity index (χ1) is 14.0. The number of hydrogen-bond donors (Lipinski definition) is 1. The molecule has 2 N–H and O–H groups in total. The number of nitrogens with zero attached hydrogens (tertiary/aromatic N) is 4. The van der Waals surface area contributed by atoms with Gasteiger partial charge in [0, 0.05) is 30.9 Å². The molecule has 7 heteroatoms. The van der Waals surface area contributed by atoms with E-state index in [9.17, 15) is 9.59 Å². The van der Waals surface area contributed by atoms with Crippen molar-refractivity contribution in [2.24, 2.45) is 5.73 Å². The van der Waals surface area contributed by atoms with Crippen molar-refractivity contribution >= 4 is 11.8 Å². The molecule has 2 fully saturated rings. The molecule has 7 nitrogen and oxygen atoms in total. The number of primary amides is 1. The van der Waals surface area contributed by atoms with Gasteiger partial charge in [0.1, 0.15) is 6.54 Å². The third-order valence-electron chi connectivity index (χ3n) is 6.24. The largest absolute Gasteiger partial charge is 0.368 e. The van der Waals surface area contributed by atoms with Gasteiger partial charge in [0.25, 0.3) is 0 Å². The molecule has 0 saturated carbocycles. The first kappa shape index (κ1) is 19.6. The van der Waals surface area contributed by atoms with Crippen molar-refractivity contribution < 1.29 is 9.59 Å². The number of hydrogen-bond acceptors (Lipinski definition) is 4. The predicted octanol–water partition coefficient (Wildman–Crippen LogP) is 1.80. The second-order valence-corrected chi connectivity index (χ2v) is 8.10. The Balaban J connectivity index is 1.34. The number of piperidine rings is 1. The van der Waals surface area contributed by atoms with Crippen LogP contribution in [0, 0.1) is 6.92 Å². The number of benzene rings is 1. The number of amides is 2. The quantitative estimate of drug-likeness (QED) is 0.837. The normalized spacial score (nSPS) is 20.9. The van der Waals surface area contributed by atoms with Crippen LogP contribution in [0.15, 0.2) is 36.5 Å². The number of aromatic nitrogens is 2. The number of nitrogens with two attached hydrogens (primary N) is 1. The molecule has 0 bridgehead atoms. The van der Waals surface area contributed by atoms with Crippen LogP contribution >= 0.6 is 0 Å². The lowest BCUT2D eigenvalue weighted by atomic mass is 10.0. The third kappa shape index (κ3) is 4.19. The van der Waals surface area contributed by atoms with E-state index in [1.54, 1.807) is 4.68 Å². The van der Waals surface area contributed by atoms with E-state index < -0.39 is 0 Å². The van der Waals surface area contributed by atoms with Gasteiger partial charge < -0.3 is 10.6 Å². The van der Waals surface area contributed by atoms with E-state index in [-0.39, 0.29) is 24.4 Å². The highest BCUT2D eigenvalue weighted by molar-refractivity contribution is 5.80. The molecule has 29 heavy (non-hydrogen) atoms. The molecule has 1 aromatic heterocycles. The maximum absolute atomic E-state index is 12.8. The average molecular weight is 396 g/mol. The molecule has 2 aromatic rings. The molecule has 4 rings (SSSR count). The van der Waals surface area contributed by atoms with Crippen LogP contribution in [-0.2, 0) is 16.1 Å². The second kappa shape index (κ2) is 8.37. The third-order valence-corrected chi connectivity index (χ3v) is 6.24. The van der Waals surface area contributed by atoms with E-state index in [4.69, 9.17) is 5.73 Å². The minimum Gasteiger partial charge on any atom is -0.368 e. The Hall–Kier alpha value is -2.67. The van der Waals surface area contributed by atoms with Gasteiger partial charge in [0.15, 0.2) is 0 Å². The van der Waals surface area contributed by atoms with Crippen molar-refractivity contribution in [3.05, 3.63) is 42.2 Å². The molecule has 0 radical (unpaired) electrons. The van der Waals surface area contributed by atoms with Gasteiger partial charge in [0.05, 0.1) is 11.7 Å². The number of rotatable bonds is 5. The van der Waals surface area contributed by atoms with Crippen LogP contribution in [0.25, 0.3) is 11.1 Å². The maximum Gasteiger partial charge on any atom is 0.244 e. The summed E-state index contributed by atoms with van der Waals surface area (Å²) in [5.74, 6) is -0.122. The smallest absolute Gasteiger partial charge is 0.244 e. The number of carbonyl (C=O) groups excluding carboxylic acids is 2. The molecule has 2 amide bonds. The Labute approximate surface area is 171 Å². The Kier molecular flexibility index (Phi) is 5.67. The molecule has 0 aliphatic carbocycles. The molecule has 1 aromatic carbocycles. The predicted molar refractivity (Wildman–Crippen MR) is 111 cm³/mol. The zero-order valence-electron chi connectivity index (χ0n) is 17.0. The van der Waals surface area contributed by atoms with Crippen molar-refractivity contribution in [2.75, 3.05) is 19.6 Å². The molecule has 0 spiro atoms. The minimum absolute atomic E-state index is 0.0958. The van der Waals surface area contributed by atoms with E-state index in [1.165, 1.54) is 0 Å². The molecular weight excluding hydrogens is 366 g/mol. The van der Waals surface area contributed by atoms with Crippen LogP contribution in [0.1, 0.15) is 31.4 Å². The van der Waals surface area contributed by atoms with Crippen LogP contribution < -0.4 is 5.73 Å². The lowest BCUT2D eigenvalue weighted by Crippen LogP contribution is -2.51. The first-order valence-electron chi connectivity index (χ1n) is 10.4. The van der Waals surface area contributed by atoms with Crippen molar-refractivity contribution in [3.63, 3.8) is 0 Å². The first-order valence-corrected chi connectivity index (χ1v) is 10.4. The SMILES string of the molecule is Cc1nn(CC(=O)N2CCC(N3CCCC3C(N)=O)CC2)cc1-c1ccccc1. The fraction of sp³-hybridized carbons (Fsp3) is 0.500. The highest BCUT2D eigenvalue weighted by atomic mass is 16.2. The van der Waals surface area contributed by atoms with Crippen LogP contribution in [0.2, 0.25) is 0 Å². The summed E-state index contributed by atoms with van der Waals surface area (Å²) >= 11 is 0. The monoisotopic (exact) mass is 395 g/mol. The van der Waals surface area contributed by atoms with Gasteiger partial charge in [-0.3, -0.25) is 19.2 Å². The summed E-state index contributed by atoms with van der Waals surface area (Å²) in [5, 5.41) is 4.54. The highest BCUT2D eigenvalue weighted by Crippen LogP contribution is 2.26. The van der Waals surface area contributed by atoms with Crippen LogP contribution in [0.5, 0.6) is 0 Å². The zero-order valence-corrected chi connectivity index (χ0v) is 17.0. The van der Waals surface area contributed by atoms with E-state index in [0.717, 1.165) is 62.1 Å². The lowest BCUT2D eigenvalue weighted by molar-refractivity contribution is -0.134. The van der Waals surface area contributed by atoms with Crippen LogP contribution in [-0.4, -0.2) is 63.1 Å². The molecule has 154 valence electrons. The molecule has 2 saturated heterocycles. The van der Waals surface area contributed by atoms with E-state index in [0.29, 0.717) is 6.04 Å². The molecule has 3 heterocycles. The van der Waals surface area contributed by atoms with Crippen LogP contribution in [0.4, 0.5) is 0 Å². The maximum atomic E-state index is 12.8. The van der Waals surface area contributed by atoms with Crippen LogP contribution in [0.3, 0.4) is 0 Å². The Morgan fingerprint density at radius 1 is 1.10 bits per heavy atom. The van der Waals surface area contributed by atoms with Gasteiger partial charge in [-0.05, 0) is 44.7 Å². The van der Waals surface area contributed by atoms with Crippen molar-refractivity contribution in [3.8, 4) is 11.1 Å². The fourth-order valence-corrected chi connectivity index (χ4v) is 4.72. The number of carbonyl (C=O) groups is 2. The summed E-state index contributed by atoms with van der Waals surface area (Å²) in [6.45, 7) is 4.60. The summed E-state index contributed by atoms with van der Waals surface area (Å²) < 4.78 is 1.75. The molecule has 1 unspecified atom stereocenters. The van der Waals surface area contributed by atoms with E-state index >= 15 is 0 Å². The Morgan fingerprint density at radius 3 is 2.52 bits per heavy atom. The Morgan fingerprint density at radius 2 is 1.83 bits per heavy atom. The van der Waals surface area contributed by atoms with E-state index in [1.807, 2.05) is 36.2 Å². The summed E-state index contributed by atoms with van der Waals surface area (Å²) in [5.41, 5.74) is 8.65. The van der Waals surface area contributed by atoms with Gasteiger partial charge in [-0.15, -0.1) is 0 Å². The summed E-state index contributed by atoms with van der Waals surface area (Å²) in [6, 6.07) is 10.3. The molecule has 2 aliphatic rings. The molecular formula is C22H29N5O2. The summed E-state index contributed by atoms with van der Waals surface area (Å²) in [7, 11) is 0. The van der Waals surface area contributed by atoms with Crippen molar-refractivity contribution in [1.29, 1.82) is 0 Å².